The Balaban J connectivity index is 3.16. The number of phenols is 1. The smallest absolute Gasteiger partial charge is 0.303 e. The second-order valence-corrected chi connectivity index (χ2v) is 4.75. The second kappa shape index (κ2) is 6.63. The Morgan fingerprint density at radius 2 is 2.11 bits per heavy atom. The van der Waals surface area contributed by atoms with Crippen molar-refractivity contribution in [3.8, 4) is 17.2 Å². The summed E-state index contributed by atoms with van der Waals surface area (Å²) >= 11 is 3.29. The minimum Gasteiger partial charge on any atom is -0.504 e. The summed E-state index contributed by atoms with van der Waals surface area (Å²) in [6, 6.07) is 0.999. The number of benzene rings is 1. The van der Waals surface area contributed by atoms with Gasteiger partial charge in [0.25, 0.3) is 0 Å². The number of aromatic hydroxyl groups is 1. The van der Waals surface area contributed by atoms with Crippen molar-refractivity contribution in [2.75, 3.05) is 14.2 Å². The molecule has 1 aromatic rings. The number of carboxylic acid groups (broad SMARTS) is 1. The quantitative estimate of drug-likeness (QED) is 0.736. The number of carboxylic acids is 1. The van der Waals surface area contributed by atoms with Crippen LogP contribution in [0.3, 0.4) is 0 Å². The lowest BCUT2D eigenvalue weighted by Gasteiger charge is -2.18. The third kappa shape index (κ3) is 3.51. The normalized spacial score (nSPS) is 12.0. The number of nitrogens with two attached hydrogens (primary N) is 1. The Kier molecular flexibility index (Phi) is 5.44. The fourth-order valence-corrected chi connectivity index (χ4v) is 2.43. The van der Waals surface area contributed by atoms with Crippen LogP contribution in [0.1, 0.15) is 24.4 Å². The Hall–Kier alpha value is -1.47. The summed E-state index contributed by atoms with van der Waals surface area (Å²) in [6.45, 7) is 0. The average molecular weight is 334 g/mol. The third-order valence-corrected chi connectivity index (χ3v) is 3.33. The summed E-state index contributed by atoms with van der Waals surface area (Å²) in [6.07, 6.45) is 0.123. The van der Waals surface area contributed by atoms with Gasteiger partial charge in [0.2, 0.25) is 5.75 Å². The lowest BCUT2D eigenvalue weighted by molar-refractivity contribution is -0.137. The average Bonchev–Trinajstić information content (AvgIpc) is 2.35. The summed E-state index contributed by atoms with van der Waals surface area (Å²) in [4.78, 5) is 10.6. The van der Waals surface area contributed by atoms with Gasteiger partial charge in [0.15, 0.2) is 11.5 Å². The predicted octanol–water partition coefficient (Wildman–Crippen LogP) is 2.04. The number of hydrogen-bond donors (Lipinski definition) is 3. The molecule has 1 rings (SSSR count). The molecule has 0 aliphatic heterocycles. The maximum atomic E-state index is 10.6. The molecule has 6 nitrogen and oxygen atoms in total. The number of carbonyl (C=O) groups is 1. The molecule has 0 saturated heterocycles. The first-order valence-corrected chi connectivity index (χ1v) is 6.32. The summed E-state index contributed by atoms with van der Waals surface area (Å²) in [7, 11) is 2.85. The van der Waals surface area contributed by atoms with E-state index < -0.39 is 12.0 Å². The van der Waals surface area contributed by atoms with Crippen LogP contribution < -0.4 is 15.2 Å². The van der Waals surface area contributed by atoms with Crippen LogP contribution >= 0.6 is 15.9 Å². The van der Waals surface area contributed by atoms with Crippen LogP contribution in [-0.4, -0.2) is 30.4 Å². The van der Waals surface area contributed by atoms with Gasteiger partial charge in [0.05, 0.1) is 14.2 Å². The van der Waals surface area contributed by atoms with Crippen LogP contribution in [0.15, 0.2) is 10.5 Å². The van der Waals surface area contributed by atoms with Gasteiger partial charge in [-0.3, -0.25) is 4.79 Å². The van der Waals surface area contributed by atoms with Gasteiger partial charge < -0.3 is 25.4 Å². The lowest BCUT2D eigenvalue weighted by Crippen LogP contribution is -2.13. The first-order chi connectivity index (χ1) is 8.92. The van der Waals surface area contributed by atoms with E-state index in [2.05, 4.69) is 15.9 Å². The first-order valence-electron chi connectivity index (χ1n) is 5.53. The van der Waals surface area contributed by atoms with Crippen molar-refractivity contribution in [3.05, 3.63) is 16.1 Å². The lowest BCUT2D eigenvalue weighted by atomic mass is 10.0. The van der Waals surface area contributed by atoms with Crippen molar-refractivity contribution in [3.63, 3.8) is 0 Å². The van der Waals surface area contributed by atoms with E-state index in [1.54, 1.807) is 6.07 Å². The molecule has 7 heteroatoms. The van der Waals surface area contributed by atoms with Gasteiger partial charge in [-0.25, -0.2) is 0 Å². The molecule has 4 N–H and O–H groups in total. The van der Waals surface area contributed by atoms with E-state index in [1.165, 1.54) is 14.2 Å². The van der Waals surface area contributed by atoms with Gasteiger partial charge in [-0.1, -0.05) is 15.9 Å². The van der Waals surface area contributed by atoms with E-state index in [4.69, 9.17) is 20.3 Å². The number of phenolic OH excluding ortho intramolecular Hbond substituents is 1. The van der Waals surface area contributed by atoms with Crippen LogP contribution in [0.25, 0.3) is 0 Å². The molecule has 1 unspecified atom stereocenters. The van der Waals surface area contributed by atoms with Gasteiger partial charge in [0.1, 0.15) is 0 Å². The Morgan fingerprint density at radius 3 is 2.58 bits per heavy atom. The minimum atomic E-state index is -0.938. The second-order valence-electron chi connectivity index (χ2n) is 3.90. The van der Waals surface area contributed by atoms with Gasteiger partial charge in [-0.2, -0.15) is 0 Å². The molecule has 0 saturated carbocycles. The minimum absolute atomic E-state index is 0.0820. The Morgan fingerprint density at radius 1 is 1.47 bits per heavy atom. The molecular weight excluding hydrogens is 318 g/mol. The number of aliphatic carboxylic acids is 1. The van der Waals surface area contributed by atoms with Gasteiger partial charge in [-0.05, 0) is 12.5 Å². The Bertz CT molecular complexity index is 478. The Labute approximate surface area is 119 Å². The molecule has 1 aromatic carbocycles. The SMILES string of the molecule is COc1cc(Br)c(C(N)CCC(=O)O)c(O)c1OC. The maximum absolute atomic E-state index is 10.6. The van der Waals surface area contributed by atoms with Crippen LogP contribution in [0.5, 0.6) is 17.2 Å². The summed E-state index contributed by atoms with van der Waals surface area (Å²) < 4.78 is 10.7. The van der Waals surface area contributed by atoms with Crippen molar-refractivity contribution >= 4 is 21.9 Å². The number of ether oxygens (including phenoxy) is 2. The molecule has 0 amide bonds. The zero-order chi connectivity index (χ0) is 14.6. The number of halogens is 1. The van der Waals surface area contributed by atoms with Crippen molar-refractivity contribution in [2.24, 2.45) is 5.73 Å². The van der Waals surface area contributed by atoms with Crippen molar-refractivity contribution in [2.45, 2.75) is 18.9 Å². The van der Waals surface area contributed by atoms with E-state index in [9.17, 15) is 9.90 Å². The fraction of sp³-hybridized carbons (Fsp3) is 0.417. The summed E-state index contributed by atoms with van der Waals surface area (Å²) in [5, 5.41) is 18.8. The van der Waals surface area contributed by atoms with Crippen LogP contribution in [0.2, 0.25) is 0 Å². The largest absolute Gasteiger partial charge is 0.504 e. The highest BCUT2D eigenvalue weighted by molar-refractivity contribution is 9.10. The molecular formula is C12H16BrNO5. The molecule has 106 valence electrons. The van der Waals surface area contributed by atoms with Crippen LogP contribution in [0, 0.1) is 0 Å². The molecule has 0 radical (unpaired) electrons. The van der Waals surface area contributed by atoms with Gasteiger partial charge >= 0.3 is 5.97 Å². The number of rotatable bonds is 6. The highest BCUT2D eigenvalue weighted by atomic mass is 79.9. The standard InChI is InChI=1S/C12H16BrNO5/c1-18-8-5-6(13)10(11(17)12(8)19-2)7(14)3-4-9(15)16/h5,7,17H,3-4,14H2,1-2H3,(H,15,16). The summed E-state index contributed by atoms with van der Waals surface area (Å²) in [5.74, 6) is -0.550. The zero-order valence-electron chi connectivity index (χ0n) is 10.6. The third-order valence-electron chi connectivity index (χ3n) is 2.67. The molecule has 0 spiro atoms. The molecule has 0 bridgehead atoms. The van der Waals surface area contributed by atoms with E-state index >= 15 is 0 Å². The monoisotopic (exact) mass is 333 g/mol. The topological polar surface area (TPSA) is 102 Å². The van der Waals surface area contributed by atoms with Crippen LogP contribution in [0.4, 0.5) is 0 Å². The number of methoxy groups -OCH3 is 2. The zero-order valence-corrected chi connectivity index (χ0v) is 12.2. The highest BCUT2D eigenvalue weighted by Gasteiger charge is 2.22. The predicted molar refractivity (Wildman–Crippen MR) is 72.7 cm³/mol. The molecule has 0 aliphatic rings. The molecule has 0 aliphatic carbocycles. The van der Waals surface area contributed by atoms with E-state index in [-0.39, 0.29) is 24.3 Å². The first kappa shape index (κ1) is 15.6. The van der Waals surface area contributed by atoms with Crippen molar-refractivity contribution in [1.29, 1.82) is 0 Å². The molecule has 0 fully saturated rings. The maximum Gasteiger partial charge on any atom is 0.303 e. The number of hydrogen-bond acceptors (Lipinski definition) is 5. The molecule has 19 heavy (non-hydrogen) atoms. The van der Waals surface area contributed by atoms with E-state index in [0.717, 1.165) is 0 Å². The van der Waals surface area contributed by atoms with Crippen molar-refractivity contribution < 1.29 is 24.5 Å². The molecule has 1 atom stereocenters. The van der Waals surface area contributed by atoms with E-state index in [1.807, 2.05) is 0 Å². The van der Waals surface area contributed by atoms with Gasteiger partial charge in [-0.15, -0.1) is 0 Å². The molecule has 0 aromatic heterocycles. The highest BCUT2D eigenvalue weighted by Crippen LogP contribution is 2.45. The van der Waals surface area contributed by atoms with Crippen LogP contribution in [-0.2, 0) is 4.79 Å². The fourth-order valence-electron chi connectivity index (χ4n) is 1.74. The van der Waals surface area contributed by atoms with Crippen molar-refractivity contribution in [1.82, 2.24) is 0 Å². The molecule has 0 heterocycles. The van der Waals surface area contributed by atoms with E-state index in [0.29, 0.717) is 15.8 Å². The van der Waals surface area contributed by atoms with Gasteiger partial charge in [0, 0.05) is 22.5 Å². The summed E-state index contributed by atoms with van der Waals surface area (Å²) in [5.41, 5.74) is 6.31.